The molecule has 4 aliphatic heterocycles. The number of methoxy groups -OCH3 is 1. The van der Waals surface area contributed by atoms with E-state index in [1.165, 1.54) is 5.56 Å². The zero-order valence-electron chi connectivity index (χ0n) is 31.2. The summed E-state index contributed by atoms with van der Waals surface area (Å²) in [5.74, 6) is 1.42. The molecule has 8 rings (SSSR count). The molecule has 0 aliphatic carbocycles. The van der Waals surface area contributed by atoms with Gasteiger partial charge in [0, 0.05) is 48.4 Å². The number of nitrogens with one attached hydrogen (secondary N) is 2. The van der Waals surface area contributed by atoms with Crippen LogP contribution in [0.2, 0.25) is 0 Å². The highest BCUT2D eigenvalue weighted by Crippen LogP contribution is 2.44. The summed E-state index contributed by atoms with van der Waals surface area (Å²) >= 11 is 0. The first-order chi connectivity index (χ1) is 25.5. The van der Waals surface area contributed by atoms with Crippen molar-refractivity contribution in [1.29, 1.82) is 0 Å². The molecule has 0 saturated carbocycles. The van der Waals surface area contributed by atoms with Crippen LogP contribution in [0.1, 0.15) is 68.1 Å². The number of rotatable bonds is 7. The molecule has 2 N–H and O–H groups in total. The molecule has 0 spiro atoms. The Bertz CT molecular complexity index is 2160. The molecule has 0 amide bonds. The first-order valence-electron chi connectivity index (χ1n) is 19.0. The van der Waals surface area contributed by atoms with E-state index in [2.05, 4.69) is 34.3 Å². The normalized spacial score (nSPS) is 22.7. The molecule has 53 heavy (non-hydrogen) atoms. The second-order valence-corrected chi connectivity index (χ2v) is 18.6. The standard InChI is InChI=1S/C21H26N2O3S.C21H26N2O2S/c1-3-23-12-10-18-19-14-17(8-9-20(19)22-21(18)11-13-23)27(24,25)16-6-4-15(26-2)5-7-16;1-3-23-11-9-18-19-14-17(7-8-20(19)22-21(18)10-12-23)26(24,25)16-6-4-5-15(2)13-16/h4-9,14,18,21-22H,3,10-13H2,1-2H3;4-8,13-14,18,21-22H,3,9-12H2,1-2H3/t2*18-,21-/m00/s1. The lowest BCUT2D eigenvalue weighted by atomic mass is 9.91. The molecule has 0 unspecified atom stereocenters. The number of benzene rings is 4. The fourth-order valence-electron chi connectivity index (χ4n) is 8.54. The van der Waals surface area contributed by atoms with E-state index in [1.54, 1.807) is 61.7 Å². The van der Waals surface area contributed by atoms with Gasteiger partial charge in [0.15, 0.2) is 0 Å². The quantitative estimate of drug-likeness (QED) is 0.200. The SMILES string of the molecule is CCN1CC[C@@H]2Nc3ccc(S(=O)(=O)c4ccc(OC)cc4)cc3[C@@H]2CC1.CCN1CC[C@@H]2Nc3ccc(S(=O)(=O)c4cccc(C)c4)cc3[C@@H]2CC1. The Kier molecular flexibility index (Phi) is 10.9. The van der Waals surface area contributed by atoms with Crippen molar-refractivity contribution in [2.45, 2.75) is 90.0 Å². The number of ether oxygens (including phenoxy) is 1. The van der Waals surface area contributed by atoms with Crippen LogP contribution in [-0.2, 0) is 19.7 Å². The number of fused-ring (bicyclic) bond motifs is 6. The molecule has 0 radical (unpaired) electrons. The molecule has 11 heteroatoms. The van der Waals surface area contributed by atoms with Gasteiger partial charge >= 0.3 is 0 Å². The van der Waals surface area contributed by atoms with Gasteiger partial charge in [-0.1, -0.05) is 26.0 Å². The van der Waals surface area contributed by atoms with Crippen molar-refractivity contribution in [3.05, 3.63) is 102 Å². The Labute approximate surface area is 315 Å². The minimum Gasteiger partial charge on any atom is -0.497 e. The number of sulfone groups is 2. The maximum atomic E-state index is 13.1. The molecule has 4 aliphatic rings. The van der Waals surface area contributed by atoms with E-state index in [9.17, 15) is 16.8 Å². The van der Waals surface area contributed by atoms with Gasteiger partial charge in [-0.2, -0.15) is 0 Å². The zero-order valence-corrected chi connectivity index (χ0v) is 32.8. The van der Waals surface area contributed by atoms with E-state index in [-0.39, 0.29) is 0 Å². The summed E-state index contributed by atoms with van der Waals surface area (Å²) in [6.45, 7) is 12.8. The van der Waals surface area contributed by atoms with Crippen molar-refractivity contribution < 1.29 is 21.6 Å². The monoisotopic (exact) mass is 756 g/mol. The summed E-state index contributed by atoms with van der Waals surface area (Å²) in [5, 5.41) is 7.24. The first kappa shape index (κ1) is 37.4. The van der Waals surface area contributed by atoms with Gasteiger partial charge in [0.2, 0.25) is 19.7 Å². The fourth-order valence-corrected chi connectivity index (χ4v) is 11.2. The lowest BCUT2D eigenvalue weighted by Gasteiger charge is -2.17. The molecule has 0 bridgehead atoms. The third-order valence-corrected chi connectivity index (χ3v) is 15.2. The number of hydrogen-bond acceptors (Lipinski definition) is 9. The van der Waals surface area contributed by atoms with Crippen LogP contribution in [0.4, 0.5) is 11.4 Å². The average molecular weight is 757 g/mol. The Morgan fingerprint density at radius 3 is 1.53 bits per heavy atom. The highest BCUT2D eigenvalue weighted by atomic mass is 32.2. The lowest BCUT2D eigenvalue weighted by molar-refractivity contribution is 0.298. The Hall–Kier alpha value is -3.90. The van der Waals surface area contributed by atoms with Crippen molar-refractivity contribution >= 4 is 31.0 Å². The summed E-state index contributed by atoms with van der Waals surface area (Å²) in [5.41, 5.74) is 5.46. The number of likely N-dealkylation sites (tertiary alicyclic amines) is 2. The van der Waals surface area contributed by atoms with Crippen LogP contribution >= 0.6 is 0 Å². The van der Waals surface area contributed by atoms with Crippen molar-refractivity contribution in [3.63, 3.8) is 0 Å². The highest BCUT2D eigenvalue weighted by Gasteiger charge is 2.36. The van der Waals surface area contributed by atoms with Crippen molar-refractivity contribution in [2.24, 2.45) is 0 Å². The Morgan fingerprint density at radius 1 is 0.604 bits per heavy atom. The number of nitrogens with zero attached hydrogens (tertiary/aromatic N) is 2. The molecule has 2 fully saturated rings. The zero-order chi connectivity index (χ0) is 37.3. The van der Waals surface area contributed by atoms with E-state index >= 15 is 0 Å². The van der Waals surface area contributed by atoms with Gasteiger partial charge in [0.1, 0.15) is 5.75 Å². The minimum atomic E-state index is -3.54. The third-order valence-electron chi connectivity index (χ3n) is 11.7. The van der Waals surface area contributed by atoms with Gasteiger partial charge in [0.25, 0.3) is 0 Å². The maximum absolute atomic E-state index is 13.1. The van der Waals surface area contributed by atoms with E-state index in [4.69, 9.17) is 4.74 Å². The molecule has 4 aromatic rings. The molecule has 0 aromatic heterocycles. The number of hydrogen-bond donors (Lipinski definition) is 2. The van der Waals surface area contributed by atoms with Crippen LogP contribution in [-0.4, -0.2) is 85.1 Å². The molecular weight excluding hydrogens is 705 g/mol. The molecule has 282 valence electrons. The lowest BCUT2D eigenvalue weighted by Crippen LogP contribution is -2.25. The van der Waals surface area contributed by atoms with Gasteiger partial charge in [-0.15, -0.1) is 0 Å². The molecule has 9 nitrogen and oxygen atoms in total. The van der Waals surface area contributed by atoms with Crippen LogP contribution < -0.4 is 15.4 Å². The van der Waals surface area contributed by atoms with E-state index in [0.717, 1.165) is 87.5 Å². The minimum absolute atomic E-state index is 0.295. The van der Waals surface area contributed by atoms with Crippen molar-refractivity contribution in [2.75, 3.05) is 57.0 Å². The first-order valence-corrected chi connectivity index (χ1v) is 21.9. The molecular formula is C42H52N4O5S2. The van der Waals surface area contributed by atoms with Gasteiger partial charge < -0.3 is 25.2 Å². The summed E-state index contributed by atoms with van der Waals surface area (Å²) < 4.78 is 57.5. The second kappa shape index (κ2) is 15.5. The van der Waals surface area contributed by atoms with Crippen molar-refractivity contribution in [1.82, 2.24) is 9.80 Å². The number of aryl methyl sites for hydroxylation is 1. The topological polar surface area (TPSA) is 108 Å². The summed E-state index contributed by atoms with van der Waals surface area (Å²) in [4.78, 5) is 6.39. The molecule has 2 saturated heterocycles. The van der Waals surface area contributed by atoms with Gasteiger partial charge in [-0.25, -0.2) is 16.8 Å². The number of anilines is 2. The fraction of sp³-hybridized carbons (Fsp3) is 0.429. The summed E-state index contributed by atoms with van der Waals surface area (Å²) in [6.07, 6.45) is 4.33. The highest BCUT2D eigenvalue weighted by molar-refractivity contribution is 7.91. The Morgan fingerprint density at radius 2 is 1.06 bits per heavy atom. The van der Waals surface area contributed by atoms with E-state index in [1.807, 2.05) is 37.3 Å². The predicted octanol–water partition coefficient (Wildman–Crippen LogP) is 7.34. The maximum Gasteiger partial charge on any atom is 0.206 e. The molecule has 4 heterocycles. The summed E-state index contributed by atoms with van der Waals surface area (Å²) in [6, 6.07) is 25.7. The van der Waals surface area contributed by atoms with Crippen LogP contribution in [0.15, 0.2) is 105 Å². The second-order valence-electron chi connectivity index (χ2n) is 14.7. The van der Waals surface area contributed by atoms with Gasteiger partial charge in [-0.3, -0.25) is 0 Å². The van der Waals surface area contributed by atoms with Gasteiger partial charge in [-0.05, 0) is 148 Å². The van der Waals surface area contributed by atoms with E-state index in [0.29, 0.717) is 49.3 Å². The average Bonchev–Trinajstić information content (AvgIpc) is 3.53. The largest absolute Gasteiger partial charge is 0.497 e. The van der Waals surface area contributed by atoms with Crippen molar-refractivity contribution in [3.8, 4) is 5.75 Å². The van der Waals surface area contributed by atoms with Crippen LogP contribution in [0, 0.1) is 6.92 Å². The van der Waals surface area contributed by atoms with Gasteiger partial charge in [0.05, 0.1) is 26.7 Å². The van der Waals surface area contributed by atoms with Crippen LogP contribution in [0.25, 0.3) is 0 Å². The molecule has 4 aromatic carbocycles. The third kappa shape index (κ3) is 7.58. The summed E-state index contributed by atoms with van der Waals surface area (Å²) in [7, 11) is -5.46. The van der Waals surface area contributed by atoms with Crippen LogP contribution in [0.5, 0.6) is 5.75 Å². The van der Waals surface area contributed by atoms with Crippen LogP contribution in [0.3, 0.4) is 0 Å². The predicted molar refractivity (Wildman–Crippen MR) is 211 cm³/mol. The Balaban J connectivity index is 0.000000164. The molecule has 4 atom stereocenters. The van der Waals surface area contributed by atoms with E-state index < -0.39 is 19.7 Å². The smallest absolute Gasteiger partial charge is 0.206 e.